The lowest BCUT2D eigenvalue weighted by atomic mass is 9.97. The zero-order chi connectivity index (χ0) is 54.5. The van der Waals surface area contributed by atoms with Gasteiger partial charge in [0.1, 0.15) is 35.6 Å². The average Bonchev–Trinajstić information content (AvgIpc) is 3.75. The fraction of sp³-hybridized carbons (Fsp3) is 0.750. The van der Waals surface area contributed by atoms with Crippen LogP contribution in [0.3, 0.4) is 0 Å². The summed E-state index contributed by atoms with van der Waals surface area (Å²) in [7, 11) is 0.423. The summed E-state index contributed by atoms with van der Waals surface area (Å²) in [6, 6.07) is 1.15. The molecule has 18 nitrogen and oxygen atoms in total. The number of esters is 2. The third-order valence-electron chi connectivity index (χ3n) is 13.3. The summed E-state index contributed by atoms with van der Waals surface area (Å²) in [6.07, 6.45) is -3.69. The number of carbonyl (C=O) groups excluding carboxylic acids is 6. The van der Waals surface area contributed by atoms with Crippen LogP contribution in [0.15, 0.2) is 24.3 Å². The highest BCUT2D eigenvalue weighted by Crippen LogP contribution is 2.44. The first-order chi connectivity index (χ1) is 32.8. The predicted octanol–water partition coefficient (Wildman–Crippen LogP) is 7.00. The average molecular weight is 1020 g/mol. The van der Waals surface area contributed by atoms with E-state index in [2.05, 4.69) is 52.2 Å². The number of rotatable bonds is 26. The molecule has 19 heteroatoms. The van der Waals surface area contributed by atoms with Gasteiger partial charge in [-0.15, -0.1) is 0 Å². The minimum atomic E-state index is -2.49. The summed E-state index contributed by atoms with van der Waals surface area (Å²) < 4.78 is 29.2. The Morgan fingerprint density at radius 1 is 0.845 bits per heavy atom. The van der Waals surface area contributed by atoms with E-state index < -0.39 is 110 Å². The number of likely N-dealkylation sites (tertiary alicyclic amines) is 1. The number of nitrogens with one attached hydrogen (secondary N) is 2. The lowest BCUT2D eigenvalue weighted by Gasteiger charge is -2.46. The van der Waals surface area contributed by atoms with Crippen molar-refractivity contribution in [1.29, 1.82) is 0 Å². The summed E-state index contributed by atoms with van der Waals surface area (Å²) in [5.74, 6) is -4.88. The minimum Gasteiger partial charge on any atom is -0.497 e. The fourth-order valence-corrected chi connectivity index (χ4v) is 15.1. The lowest BCUT2D eigenvalue weighted by Crippen LogP contribution is -2.58. The number of hydrogen-bond acceptors (Lipinski definition) is 13. The molecule has 0 unspecified atom stereocenters. The molecule has 4 amide bonds. The Hall–Kier alpha value is -4.75. The Morgan fingerprint density at radius 3 is 1.87 bits per heavy atom. The van der Waals surface area contributed by atoms with Gasteiger partial charge < -0.3 is 54.6 Å². The van der Waals surface area contributed by atoms with E-state index in [1.807, 2.05) is 27.7 Å². The van der Waals surface area contributed by atoms with Crippen molar-refractivity contribution >= 4 is 50.0 Å². The van der Waals surface area contributed by atoms with Gasteiger partial charge in [-0.1, -0.05) is 95.2 Å². The molecule has 0 saturated carbocycles. The quantitative estimate of drug-likeness (QED) is 0.0415. The second-order valence-electron chi connectivity index (χ2n) is 22.2. The lowest BCUT2D eigenvalue weighted by molar-refractivity contribution is -0.163. The molecule has 1 fully saturated rings. The van der Waals surface area contributed by atoms with E-state index in [1.54, 1.807) is 58.9 Å². The normalized spacial score (nSPS) is 17.4. The first-order valence-electron chi connectivity index (χ1n) is 25.3. The highest BCUT2D eigenvalue weighted by molar-refractivity contribution is 6.77. The Morgan fingerprint density at radius 2 is 1.41 bits per heavy atom. The van der Waals surface area contributed by atoms with Crippen LogP contribution < -0.4 is 21.1 Å². The van der Waals surface area contributed by atoms with Crippen LogP contribution in [0, 0.1) is 17.8 Å². The van der Waals surface area contributed by atoms with Crippen molar-refractivity contribution in [3.63, 3.8) is 0 Å². The number of carboxylic acids is 1. The number of nitrogens with zero attached hydrogens (tertiary/aromatic N) is 2. The van der Waals surface area contributed by atoms with Crippen LogP contribution in [-0.2, 0) is 53.8 Å². The van der Waals surface area contributed by atoms with Crippen LogP contribution in [0.4, 0.5) is 4.79 Å². The number of carbonyl (C=O) groups is 7. The third-order valence-corrected chi connectivity index (χ3v) is 19.4. The number of aliphatic carboxylic acids is 1. The van der Waals surface area contributed by atoms with Gasteiger partial charge in [0, 0.05) is 26.1 Å². The van der Waals surface area contributed by atoms with Crippen molar-refractivity contribution in [2.24, 2.45) is 23.5 Å². The summed E-state index contributed by atoms with van der Waals surface area (Å²) in [5.41, 5.74) is 7.12. The number of hydrogen-bond donors (Lipinski definition) is 4. The Balaban J connectivity index is 2.45. The highest BCUT2D eigenvalue weighted by Gasteiger charge is 2.49. The van der Waals surface area contributed by atoms with E-state index in [-0.39, 0.29) is 60.7 Å². The van der Waals surface area contributed by atoms with Gasteiger partial charge in [0.25, 0.3) is 5.91 Å². The molecule has 404 valence electrons. The zero-order valence-corrected chi connectivity index (χ0v) is 47.0. The van der Waals surface area contributed by atoms with Crippen molar-refractivity contribution in [2.45, 2.75) is 214 Å². The van der Waals surface area contributed by atoms with Crippen LogP contribution in [0.5, 0.6) is 5.75 Å². The Labute approximate surface area is 424 Å². The monoisotopic (exact) mass is 1020 g/mol. The SMILES string of the molecule is COc1ccc(C[C@@H](C(=O)O[C@H](C)[C@H](NC(=O)OC(C)(C)C)C(=O)O)N(C)C(=O)[C@@H]2CCCN2C(=O)[C@H](CC(C)C)NC(=O)[C@@H](OC(=O)C[C@H](O[Si](C(C)C)(C(C)C)C(C)C)[C@H](N)C(C)C)C(C)C)cc1. The predicted molar refractivity (Wildman–Crippen MR) is 274 cm³/mol. The zero-order valence-electron chi connectivity index (χ0n) is 46.0. The van der Waals surface area contributed by atoms with Crippen LogP contribution in [0.2, 0.25) is 16.6 Å². The molecule has 1 aliphatic heterocycles. The van der Waals surface area contributed by atoms with E-state index in [0.717, 1.165) is 0 Å². The molecule has 1 aliphatic rings. The molecular weight excluding hydrogens is 931 g/mol. The molecule has 2 rings (SSSR count). The van der Waals surface area contributed by atoms with Gasteiger partial charge in [-0.3, -0.25) is 19.2 Å². The van der Waals surface area contributed by atoms with Gasteiger partial charge in [-0.2, -0.15) is 0 Å². The Bertz CT molecular complexity index is 1910. The number of amides is 4. The van der Waals surface area contributed by atoms with Gasteiger partial charge in [0.2, 0.25) is 20.1 Å². The number of ether oxygens (including phenoxy) is 4. The summed E-state index contributed by atoms with van der Waals surface area (Å²) in [4.78, 5) is 99.1. The summed E-state index contributed by atoms with van der Waals surface area (Å²) in [5, 5.41) is 15.1. The smallest absolute Gasteiger partial charge is 0.408 e. The first-order valence-corrected chi connectivity index (χ1v) is 27.5. The number of likely N-dealkylation sites (N-methyl/N-ethyl adjacent to an activating group) is 1. The van der Waals surface area contributed by atoms with Gasteiger partial charge in [0.05, 0.1) is 19.6 Å². The summed E-state index contributed by atoms with van der Waals surface area (Å²) in [6.45, 7) is 30.5. The molecule has 8 atom stereocenters. The molecule has 1 aromatic carbocycles. The third kappa shape index (κ3) is 17.8. The van der Waals surface area contributed by atoms with Crippen LogP contribution >= 0.6 is 0 Å². The van der Waals surface area contributed by atoms with Crippen molar-refractivity contribution < 1.29 is 62.0 Å². The topological polar surface area (TPSA) is 242 Å². The van der Waals surface area contributed by atoms with Crippen LogP contribution in [-0.4, -0.2) is 140 Å². The second-order valence-corrected chi connectivity index (χ2v) is 27.6. The van der Waals surface area contributed by atoms with Crippen molar-refractivity contribution in [3.05, 3.63) is 29.8 Å². The van der Waals surface area contributed by atoms with Gasteiger partial charge >= 0.3 is 24.0 Å². The highest BCUT2D eigenvalue weighted by atomic mass is 28.4. The second kappa shape index (κ2) is 27.3. The van der Waals surface area contributed by atoms with Crippen LogP contribution in [0.1, 0.15) is 142 Å². The molecule has 0 radical (unpaired) electrons. The van der Waals surface area contributed by atoms with E-state index >= 15 is 0 Å². The summed E-state index contributed by atoms with van der Waals surface area (Å²) >= 11 is 0. The number of alkyl carbamates (subject to hydrolysis) is 1. The molecule has 0 bridgehead atoms. The molecule has 1 aromatic rings. The molecule has 0 aliphatic carbocycles. The standard InChI is InChI=1S/C52H89N5O13Si/c1-29(2)26-38(54-46(59)45(31(5)6)68-42(58)28-41(43(53)30(3)4)70-71(32(7)8,33(9)10)34(11)12)47(60)57-25-19-20-39(57)48(61)56(17)40(27-36-21-23-37(66-18)24-22-36)50(64)67-35(13)44(49(62)63)55-51(65)69-52(14,15)16/h21-24,29-35,38-41,43-45H,19-20,25-28,53H2,1-18H3,(H,54,59)(H,55,65)(H,62,63)/t35-,38+,39+,40+,41+,43-,44+,45+/m1/s1. The number of methoxy groups -OCH3 is 1. The molecule has 1 saturated heterocycles. The number of benzene rings is 1. The fourth-order valence-electron chi connectivity index (χ4n) is 9.53. The molecular formula is C52H89N5O13Si. The van der Waals surface area contributed by atoms with E-state index in [9.17, 15) is 38.7 Å². The minimum absolute atomic E-state index is 0.0117. The molecule has 0 aromatic heterocycles. The van der Waals surface area contributed by atoms with Gasteiger partial charge in [0.15, 0.2) is 12.1 Å². The van der Waals surface area contributed by atoms with Crippen molar-refractivity contribution in [3.8, 4) is 5.75 Å². The van der Waals surface area contributed by atoms with E-state index in [4.69, 9.17) is 29.1 Å². The van der Waals surface area contributed by atoms with E-state index in [0.29, 0.717) is 17.7 Å². The largest absolute Gasteiger partial charge is 0.497 e. The van der Waals surface area contributed by atoms with Crippen molar-refractivity contribution in [1.82, 2.24) is 20.4 Å². The Kier molecular flexibility index (Phi) is 24.0. The molecule has 5 N–H and O–H groups in total. The maximum absolute atomic E-state index is 14.7. The van der Waals surface area contributed by atoms with E-state index in [1.165, 1.54) is 30.9 Å². The van der Waals surface area contributed by atoms with Crippen molar-refractivity contribution in [2.75, 3.05) is 20.7 Å². The molecule has 71 heavy (non-hydrogen) atoms. The van der Waals surface area contributed by atoms with Gasteiger partial charge in [-0.05, 0) is 99.0 Å². The maximum atomic E-state index is 14.7. The maximum Gasteiger partial charge on any atom is 0.408 e. The molecule has 0 spiro atoms. The van der Waals surface area contributed by atoms with Gasteiger partial charge in [-0.25, -0.2) is 14.4 Å². The molecule has 1 heterocycles. The first kappa shape index (κ1) is 62.4. The number of carboxylic acid groups (broad SMARTS) is 1. The van der Waals surface area contributed by atoms with Crippen LogP contribution in [0.25, 0.3) is 0 Å². The number of nitrogens with two attached hydrogens (primary N) is 1.